The molecular weight excluding hydrogens is 248 g/mol. The van der Waals surface area contributed by atoms with Gasteiger partial charge in [0.25, 0.3) is 0 Å². The van der Waals surface area contributed by atoms with Gasteiger partial charge in [-0.1, -0.05) is 6.07 Å². The highest BCUT2D eigenvalue weighted by Crippen LogP contribution is 2.42. The summed E-state index contributed by atoms with van der Waals surface area (Å²) in [5.74, 6) is -0.828. The van der Waals surface area contributed by atoms with E-state index < -0.39 is 11.6 Å². The number of benzene rings is 1. The van der Waals surface area contributed by atoms with E-state index in [-0.39, 0.29) is 12.1 Å². The van der Waals surface area contributed by atoms with Crippen molar-refractivity contribution in [3.05, 3.63) is 34.2 Å². The molecule has 6 nitrogen and oxygen atoms in total. The number of hydrogen-bond acceptors (Lipinski definition) is 3. The lowest BCUT2D eigenvalue weighted by molar-refractivity contribution is -0.165. The summed E-state index contributed by atoms with van der Waals surface area (Å²) < 4.78 is 5.64. The van der Waals surface area contributed by atoms with Crippen molar-refractivity contribution in [2.24, 2.45) is 0 Å². The molecule has 1 atom stereocenters. The molecule has 3 rings (SSSR count). The number of aromatic amines is 2. The molecule has 1 aliphatic heterocycles. The van der Waals surface area contributed by atoms with Crippen LogP contribution in [0, 0.1) is 0 Å². The zero-order chi connectivity index (χ0) is 13.5. The smallest absolute Gasteiger partial charge is 0.323 e. The Balaban J connectivity index is 1.96. The van der Waals surface area contributed by atoms with Crippen LogP contribution >= 0.6 is 0 Å². The zero-order valence-corrected chi connectivity index (χ0v) is 10.2. The van der Waals surface area contributed by atoms with Crippen molar-refractivity contribution < 1.29 is 14.6 Å². The van der Waals surface area contributed by atoms with Crippen LogP contribution in [0.4, 0.5) is 0 Å². The Kier molecular flexibility index (Phi) is 2.67. The number of rotatable bonds is 4. The van der Waals surface area contributed by atoms with Crippen LogP contribution in [0.25, 0.3) is 11.0 Å². The van der Waals surface area contributed by atoms with Crippen LogP contribution in [0.1, 0.15) is 24.8 Å². The molecule has 1 aromatic carbocycles. The van der Waals surface area contributed by atoms with Crippen LogP contribution in [-0.4, -0.2) is 27.7 Å². The first-order chi connectivity index (χ1) is 9.09. The average molecular weight is 262 g/mol. The minimum atomic E-state index is -0.828. The number of aliphatic carboxylic acids is 1. The maximum Gasteiger partial charge on any atom is 0.323 e. The summed E-state index contributed by atoms with van der Waals surface area (Å²) in [5, 5.41) is 8.81. The number of hydrogen-bond donors (Lipinski definition) is 3. The van der Waals surface area contributed by atoms with Crippen LogP contribution in [0.2, 0.25) is 0 Å². The van der Waals surface area contributed by atoms with Crippen LogP contribution in [0.3, 0.4) is 0 Å². The molecule has 100 valence electrons. The molecule has 2 heterocycles. The molecule has 6 heteroatoms. The van der Waals surface area contributed by atoms with Crippen LogP contribution in [-0.2, 0) is 15.1 Å². The summed E-state index contributed by atoms with van der Waals surface area (Å²) >= 11 is 0. The van der Waals surface area contributed by atoms with E-state index in [9.17, 15) is 9.59 Å². The van der Waals surface area contributed by atoms with Crippen molar-refractivity contribution in [3.8, 4) is 0 Å². The largest absolute Gasteiger partial charge is 0.481 e. The molecule has 0 amide bonds. The second kappa shape index (κ2) is 4.24. The van der Waals surface area contributed by atoms with Gasteiger partial charge in [-0.2, -0.15) is 0 Å². The topological polar surface area (TPSA) is 95.2 Å². The molecule has 0 aliphatic carbocycles. The van der Waals surface area contributed by atoms with E-state index in [4.69, 9.17) is 9.84 Å². The Morgan fingerprint density at radius 1 is 1.37 bits per heavy atom. The molecule has 0 saturated carbocycles. The third-order valence-electron chi connectivity index (χ3n) is 3.67. The highest BCUT2D eigenvalue weighted by atomic mass is 16.5. The Hall–Kier alpha value is -2.08. The molecule has 1 unspecified atom stereocenters. The van der Waals surface area contributed by atoms with Gasteiger partial charge in [-0.05, 0) is 24.1 Å². The predicted octanol–water partition coefficient (Wildman–Crippen LogP) is 1.34. The van der Waals surface area contributed by atoms with Crippen LogP contribution < -0.4 is 5.69 Å². The van der Waals surface area contributed by atoms with Crippen molar-refractivity contribution in [3.63, 3.8) is 0 Å². The molecule has 1 saturated heterocycles. The molecule has 0 radical (unpaired) electrons. The van der Waals surface area contributed by atoms with Gasteiger partial charge >= 0.3 is 11.7 Å². The van der Waals surface area contributed by atoms with Gasteiger partial charge in [0.15, 0.2) is 0 Å². The monoisotopic (exact) mass is 262 g/mol. The van der Waals surface area contributed by atoms with Gasteiger partial charge in [0.05, 0.1) is 23.2 Å². The number of nitrogens with one attached hydrogen (secondary N) is 2. The third kappa shape index (κ3) is 2.04. The van der Waals surface area contributed by atoms with E-state index in [1.165, 1.54) is 0 Å². The van der Waals surface area contributed by atoms with Crippen molar-refractivity contribution in [2.45, 2.75) is 24.9 Å². The highest BCUT2D eigenvalue weighted by Gasteiger charge is 2.40. The minimum absolute atomic E-state index is 0.0711. The summed E-state index contributed by atoms with van der Waals surface area (Å²) in [5.41, 5.74) is 1.61. The number of carboxylic acid groups (broad SMARTS) is 1. The molecule has 1 fully saturated rings. The second-order valence-corrected chi connectivity index (χ2v) is 4.83. The normalized spacial score (nSPS) is 22.3. The highest BCUT2D eigenvalue weighted by molar-refractivity contribution is 5.75. The summed E-state index contributed by atoms with van der Waals surface area (Å²) in [7, 11) is 0. The number of carboxylic acids is 1. The predicted molar refractivity (Wildman–Crippen MR) is 68.0 cm³/mol. The fourth-order valence-corrected chi connectivity index (χ4v) is 2.54. The SMILES string of the molecule is O=C(O)CCC1(c2ccc3[nH]c(=O)[nH]c3c2)CCO1. The number of carbonyl (C=O) groups is 1. The van der Waals surface area contributed by atoms with Crippen molar-refractivity contribution in [2.75, 3.05) is 6.61 Å². The maximum absolute atomic E-state index is 11.2. The first-order valence-corrected chi connectivity index (χ1v) is 6.17. The molecule has 2 aromatic rings. The Bertz CT molecular complexity index is 681. The lowest BCUT2D eigenvalue weighted by atomic mass is 9.82. The number of ether oxygens (including phenoxy) is 1. The summed E-state index contributed by atoms with van der Waals surface area (Å²) in [6.45, 7) is 0.640. The number of H-pyrrole nitrogens is 2. The van der Waals surface area contributed by atoms with E-state index >= 15 is 0 Å². The molecule has 19 heavy (non-hydrogen) atoms. The van der Waals surface area contributed by atoms with Crippen molar-refractivity contribution >= 4 is 17.0 Å². The Labute approximate surface area is 108 Å². The van der Waals surface area contributed by atoms with E-state index in [1.54, 1.807) is 0 Å². The molecule has 1 aliphatic rings. The van der Waals surface area contributed by atoms with Crippen molar-refractivity contribution in [1.29, 1.82) is 0 Å². The number of imidazole rings is 1. The quantitative estimate of drug-likeness (QED) is 0.774. The Morgan fingerprint density at radius 3 is 2.74 bits per heavy atom. The van der Waals surface area contributed by atoms with Gasteiger partial charge in [0, 0.05) is 12.8 Å². The summed E-state index contributed by atoms with van der Waals surface area (Å²) in [6, 6.07) is 5.55. The second-order valence-electron chi connectivity index (χ2n) is 4.83. The third-order valence-corrected chi connectivity index (χ3v) is 3.67. The van der Waals surface area contributed by atoms with Crippen LogP contribution in [0.5, 0.6) is 0 Å². The van der Waals surface area contributed by atoms with E-state index in [0.29, 0.717) is 18.5 Å². The van der Waals surface area contributed by atoms with Gasteiger partial charge in [0.2, 0.25) is 0 Å². The van der Waals surface area contributed by atoms with E-state index in [2.05, 4.69) is 9.97 Å². The molecule has 0 bridgehead atoms. The molecular formula is C13H14N2O4. The minimum Gasteiger partial charge on any atom is -0.481 e. The first kappa shape index (κ1) is 12.0. The van der Waals surface area contributed by atoms with Crippen LogP contribution in [0.15, 0.2) is 23.0 Å². The molecule has 0 spiro atoms. The fourth-order valence-electron chi connectivity index (χ4n) is 2.54. The lowest BCUT2D eigenvalue weighted by Gasteiger charge is -2.42. The first-order valence-electron chi connectivity index (χ1n) is 6.17. The van der Waals surface area contributed by atoms with Gasteiger partial charge in [0.1, 0.15) is 0 Å². The fraction of sp³-hybridized carbons (Fsp3) is 0.385. The maximum atomic E-state index is 11.2. The van der Waals surface area contributed by atoms with Gasteiger partial charge in [-0.3, -0.25) is 4.79 Å². The summed E-state index contributed by atoms with van der Waals surface area (Å²) in [6.07, 6.45) is 1.32. The lowest BCUT2D eigenvalue weighted by Crippen LogP contribution is -2.41. The number of aromatic nitrogens is 2. The van der Waals surface area contributed by atoms with Crippen molar-refractivity contribution in [1.82, 2.24) is 9.97 Å². The van der Waals surface area contributed by atoms with E-state index in [1.807, 2.05) is 18.2 Å². The van der Waals surface area contributed by atoms with E-state index in [0.717, 1.165) is 17.5 Å². The average Bonchev–Trinajstić information content (AvgIpc) is 2.66. The van der Waals surface area contributed by atoms with Gasteiger partial charge in [-0.25, -0.2) is 4.79 Å². The Morgan fingerprint density at radius 2 is 2.11 bits per heavy atom. The van der Waals surface area contributed by atoms with Gasteiger partial charge < -0.3 is 19.8 Å². The number of fused-ring (bicyclic) bond motifs is 1. The van der Waals surface area contributed by atoms with Gasteiger partial charge in [-0.15, -0.1) is 0 Å². The zero-order valence-electron chi connectivity index (χ0n) is 10.2. The molecule has 1 aromatic heterocycles. The standard InChI is InChI=1S/C13H14N2O4/c16-11(17)3-4-13(5-6-19-13)8-1-2-9-10(7-8)15-12(18)14-9/h1-2,7H,3-6H2,(H,16,17)(H2,14,15,18). The summed E-state index contributed by atoms with van der Waals surface area (Å²) in [4.78, 5) is 27.3. The molecule has 3 N–H and O–H groups in total.